The summed E-state index contributed by atoms with van der Waals surface area (Å²) in [6.45, 7) is 5.94. The number of halogens is 2. The van der Waals surface area contributed by atoms with Gasteiger partial charge in [0.05, 0.1) is 0 Å². The zero-order chi connectivity index (χ0) is 10.0. The van der Waals surface area contributed by atoms with Gasteiger partial charge in [0.2, 0.25) is 0 Å². The average molecular weight is 201 g/mol. The van der Waals surface area contributed by atoms with Crippen LogP contribution in [0.2, 0.25) is 5.02 Å². The molecule has 0 unspecified atom stereocenters. The minimum absolute atomic E-state index is 0.182. The fourth-order valence-corrected chi connectivity index (χ4v) is 1.67. The highest BCUT2D eigenvalue weighted by Gasteiger charge is 2.09. The SMILES string of the molecule is Cc1cc(F)c(CC(C)C)c(Cl)c1. The van der Waals surface area contributed by atoms with Crippen LogP contribution in [-0.4, -0.2) is 0 Å². The van der Waals surface area contributed by atoms with Gasteiger partial charge >= 0.3 is 0 Å². The molecule has 0 bridgehead atoms. The minimum Gasteiger partial charge on any atom is -0.207 e. The zero-order valence-corrected chi connectivity index (χ0v) is 8.95. The Morgan fingerprint density at radius 2 is 2.00 bits per heavy atom. The standard InChI is InChI=1S/C11H14ClF/c1-7(2)4-9-10(12)5-8(3)6-11(9)13/h5-7H,4H2,1-3H3. The molecule has 1 aromatic rings. The van der Waals surface area contributed by atoms with E-state index in [4.69, 9.17) is 11.6 Å². The van der Waals surface area contributed by atoms with Gasteiger partial charge in [-0.3, -0.25) is 0 Å². The van der Waals surface area contributed by atoms with Crippen LogP contribution in [-0.2, 0) is 6.42 Å². The first kappa shape index (κ1) is 10.5. The predicted molar refractivity (Wildman–Crippen MR) is 54.7 cm³/mol. The Kier molecular flexibility index (Phi) is 3.32. The van der Waals surface area contributed by atoms with Crippen LogP contribution in [0, 0.1) is 18.7 Å². The van der Waals surface area contributed by atoms with E-state index in [0.29, 0.717) is 22.9 Å². The number of rotatable bonds is 2. The fourth-order valence-electron chi connectivity index (χ4n) is 1.33. The Balaban J connectivity index is 3.06. The van der Waals surface area contributed by atoms with Crippen molar-refractivity contribution in [1.82, 2.24) is 0 Å². The van der Waals surface area contributed by atoms with Crippen LogP contribution in [0.5, 0.6) is 0 Å². The van der Waals surface area contributed by atoms with E-state index in [9.17, 15) is 4.39 Å². The van der Waals surface area contributed by atoms with Gasteiger partial charge in [-0.2, -0.15) is 0 Å². The third-order valence-corrected chi connectivity index (χ3v) is 2.23. The molecule has 0 heterocycles. The molecule has 0 saturated carbocycles. The highest BCUT2D eigenvalue weighted by Crippen LogP contribution is 2.23. The largest absolute Gasteiger partial charge is 0.207 e. The molecule has 0 atom stereocenters. The second-order valence-corrected chi connectivity index (χ2v) is 4.21. The number of hydrogen-bond donors (Lipinski definition) is 0. The molecular formula is C11H14ClF. The van der Waals surface area contributed by atoms with Gasteiger partial charge in [-0.05, 0) is 37.0 Å². The van der Waals surface area contributed by atoms with Crippen LogP contribution in [0.3, 0.4) is 0 Å². The second-order valence-electron chi connectivity index (χ2n) is 3.81. The lowest BCUT2D eigenvalue weighted by molar-refractivity contribution is 0.573. The highest BCUT2D eigenvalue weighted by atomic mass is 35.5. The van der Waals surface area contributed by atoms with Crippen molar-refractivity contribution >= 4 is 11.6 Å². The van der Waals surface area contributed by atoms with Crippen LogP contribution in [0.4, 0.5) is 4.39 Å². The smallest absolute Gasteiger partial charge is 0.128 e. The summed E-state index contributed by atoms with van der Waals surface area (Å²) in [7, 11) is 0. The normalized spacial score (nSPS) is 10.9. The van der Waals surface area contributed by atoms with Crippen LogP contribution in [0.1, 0.15) is 25.0 Å². The molecule has 0 aliphatic carbocycles. The predicted octanol–water partition coefficient (Wildman–Crippen LogP) is 3.99. The molecule has 72 valence electrons. The maximum Gasteiger partial charge on any atom is 0.128 e. The molecule has 0 saturated heterocycles. The van der Waals surface area contributed by atoms with Crippen molar-refractivity contribution in [2.75, 3.05) is 0 Å². The van der Waals surface area contributed by atoms with Gasteiger partial charge in [-0.1, -0.05) is 25.4 Å². The number of benzene rings is 1. The Hall–Kier alpha value is -0.560. The molecule has 0 spiro atoms. The molecule has 1 aromatic carbocycles. The maximum atomic E-state index is 13.4. The summed E-state index contributed by atoms with van der Waals surface area (Å²) < 4.78 is 13.4. The molecule has 1 rings (SSSR count). The van der Waals surface area contributed by atoms with Crippen molar-refractivity contribution < 1.29 is 4.39 Å². The summed E-state index contributed by atoms with van der Waals surface area (Å²) in [5.74, 6) is 0.244. The van der Waals surface area contributed by atoms with Crippen molar-refractivity contribution in [3.63, 3.8) is 0 Å². The van der Waals surface area contributed by atoms with Gasteiger partial charge in [0, 0.05) is 10.6 Å². The second kappa shape index (κ2) is 4.10. The van der Waals surface area contributed by atoms with Gasteiger partial charge in [0.15, 0.2) is 0 Å². The van der Waals surface area contributed by atoms with E-state index in [1.165, 1.54) is 6.07 Å². The molecule has 0 aliphatic rings. The summed E-state index contributed by atoms with van der Waals surface area (Å²) in [4.78, 5) is 0. The van der Waals surface area contributed by atoms with Crippen LogP contribution >= 0.6 is 11.6 Å². The van der Waals surface area contributed by atoms with Gasteiger partial charge < -0.3 is 0 Å². The Labute approximate surface area is 83.7 Å². The molecule has 0 nitrogen and oxygen atoms in total. The topological polar surface area (TPSA) is 0 Å². The Morgan fingerprint density at radius 3 is 2.46 bits per heavy atom. The van der Waals surface area contributed by atoms with E-state index < -0.39 is 0 Å². The Morgan fingerprint density at radius 1 is 1.38 bits per heavy atom. The lowest BCUT2D eigenvalue weighted by Gasteiger charge is -2.09. The molecule has 0 aliphatic heterocycles. The van der Waals surface area contributed by atoms with E-state index in [0.717, 1.165) is 5.56 Å². The van der Waals surface area contributed by atoms with Gasteiger partial charge in [0.25, 0.3) is 0 Å². The molecular weight excluding hydrogens is 187 g/mol. The summed E-state index contributed by atoms with van der Waals surface area (Å²) in [5.41, 5.74) is 1.51. The molecule has 13 heavy (non-hydrogen) atoms. The van der Waals surface area contributed by atoms with E-state index in [-0.39, 0.29) is 5.82 Å². The monoisotopic (exact) mass is 200 g/mol. The summed E-state index contributed by atoms with van der Waals surface area (Å²) in [6, 6.07) is 3.34. The summed E-state index contributed by atoms with van der Waals surface area (Å²) >= 11 is 5.94. The lowest BCUT2D eigenvalue weighted by atomic mass is 10.0. The van der Waals surface area contributed by atoms with Gasteiger partial charge in [-0.25, -0.2) is 4.39 Å². The lowest BCUT2D eigenvalue weighted by Crippen LogP contribution is -1.99. The van der Waals surface area contributed by atoms with E-state index >= 15 is 0 Å². The zero-order valence-electron chi connectivity index (χ0n) is 8.20. The molecule has 2 heteroatoms. The highest BCUT2D eigenvalue weighted by molar-refractivity contribution is 6.31. The van der Waals surface area contributed by atoms with Gasteiger partial charge in [-0.15, -0.1) is 0 Å². The number of aryl methyl sites for hydroxylation is 1. The fraction of sp³-hybridized carbons (Fsp3) is 0.455. The molecule has 0 amide bonds. The van der Waals surface area contributed by atoms with Crippen molar-refractivity contribution in [2.24, 2.45) is 5.92 Å². The van der Waals surface area contributed by atoms with E-state index in [2.05, 4.69) is 13.8 Å². The molecule has 0 N–H and O–H groups in total. The van der Waals surface area contributed by atoms with Crippen molar-refractivity contribution in [3.8, 4) is 0 Å². The first-order chi connectivity index (χ1) is 6.00. The Bertz CT molecular complexity index is 282. The first-order valence-electron chi connectivity index (χ1n) is 4.45. The molecule has 0 radical (unpaired) electrons. The quantitative estimate of drug-likeness (QED) is 0.678. The van der Waals surface area contributed by atoms with Gasteiger partial charge in [0.1, 0.15) is 5.82 Å². The summed E-state index contributed by atoms with van der Waals surface area (Å²) in [6.07, 6.45) is 0.699. The van der Waals surface area contributed by atoms with E-state index in [1.807, 2.05) is 13.0 Å². The van der Waals surface area contributed by atoms with Crippen molar-refractivity contribution in [3.05, 3.63) is 34.1 Å². The number of hydrogen-bond acceptors (Lipinski definition) is 0. The molecule has 0 aromatic heterocycles. The average Bonchev–Trinajstić information content (AvgIpc) is 1.96. The van der Waals surface area contributed by atoms with Crippen LogP contribution in [0.25, 0.3) is 0 Å². The van der Waals surface area contributed by atoms with E-state index in [1.54, 1.807) is 0 Å². The van der Waals surface area contributed by atoms with Crippen molar-refractivity contribution in [1.29, 1.82) is 0 Å². The summed E-state index contributed by atoms with van der Waals surface area (Å²) in [5, 5.41) is 0.547. The van der Waals surface area contributed by atoms with Crippen LogP contribution < -0.4 is 0 Å². The van der Waals surface area contributed by atoms with Crippen molar-refractivity contribution in [2.45, 2.75) is 27.2 Å². The third-order valence-electron chi connectivity index (χ3n) is 1.90. The maximum absolute atomic E-state index is 13.4. The minimum atomic E-state index is -0.182. The third kappa shape index (κ3) is 2.70. The molecule has 0 fully saturated rings. The first-order valence-corrected chi connectivity index (χ1v) is 4.83. The van der Waals surface area contributed by atoms with Crippen LogP contribution in [0.15, 0.2) is 12.1 Å².